The van der Waals surface area contributed by atoms with Gasteiger partial charge in [0, 0.05) is 0 Å². The molecule has 0 spiro atoms. The largest absolute Gasteiger partial charge is 0.462 e. The Labute approximate surface area is 155 Å². The van der Waals surface area contributed by atoms with Crippen molar-refractivity contribution in [3.63, 3.8) is 0 Å². The number of fused-ring (bicyclic) bond motifs is 1. The minimum absolute atomic E-state index is 0.157. The van der Waals surface area contributed by atoms with E-state index < -0.39 is 5.97 Å². The first kappa shape index (κ1) is 17.6. The zero-order valence-electron chi connectivity index (χ0n) is 13.9. The number of amides is 1. The third kappa shape index (κ3) is 3.91. The summed E-state index contributed by atoms with van der Waals surface area (Å²) in [6, 6.07) is 13.9. The molecule has 1 fully saturated rings. The quantitative estimate of drug-likeness (QED) is 0.462. The van der Waals surface area contributed by atoms with E-state index in [0.29, 0.717) is 9.23 Å². The average Bonchev–Trinajstić information content (AvgIpc) is 2.82. The van der Waals surface area contributed by atoms with Crippen LogP contribution in [0.1, 0.15) is 19.4 Å². The van der Waals surface area contributed by atoms with Crippen LogP contribution in [0.4, 0.5) is 0 Å². The average molecular weight is 371 g/mol. The van der Waals surface area contributed by atoms with Crippen LogP contribution in [-0.2, 0) is 14.3 Å². The van der Waals surface area contributed by atoms with E-state index in [4.69, 9.17) is 17.0 Å². The molecule has 0 N–H and O–H groups in total. The number of rotatable bonds is 4. The summed E-state index contributed by atoms with van der Waals surface area (Å²) in [5, 5.41) is 2.17. The fraction of sp³-hybridized carbons (Fsp3) is 0.211. The molecular weight excluding hydrogens is 354 g/mol. The van der Waals surface area contributed by atoms with Crippen molar-refractivity contribution in [3.8, 4) is 0 Å². The molecular formula is C19H17NO3S2. The van der Waals surface area contributed by atoms with Gasteiger partial charge in [-0.25, -0.2) is 0 Å². The second kappa shape index (κ2) is 7.37. The number of esters is 1. The van der Waals surface area contributed by atoms with Crippen LogP contribution in [0.15, 0.2) is 47.4 Å². The predicted octanol–water partition coefficient (Wildman–Crippen LogP) is 3.99. The van der Waals surface area contributed by atoms with Gasteiger partial charge in [-0.3, -0.25) is 14.5 Å². The van der Waals surface area contributed by atoms with E-state index in [9.17, 15) is 9.59 Å². The molecule has 6 heteroatoms. The van der Waals surface area contributed by atoms with Gasteiger partial charge in [0.2, 0.25) is 0 Å². The smallest absolute Gasteiger partial charge is 0.326 e. The molecule has 4 nitrogen and oxygen atoms in total. The maximum atomic E-state index is 12.6. The first-order valence-corrected chi connectivity index (χ1v) is 9.11. The SMILES string of the molecule is CC(C)OC(=O)CN1C(=O)/C(=C/c2cccc3ccccc23)SC1=S. The Hall–Kier alpha value is -2.18. The van der Waals surface area contributed by atoms with Crippen LogP contribution >= 0.6 is 24.0 Å². The van der Waals surface area contributed by atoms with Crippen LogP contribution in [0.25, 0.3) is 16.8 Å². The van der Waals surface area contributed by atoms with Crippen LogP contribution in [0, 0.1) is 0 Å². The zero-order chi connectivity index (χ0) is 18.0. The lowest BCUT2D eigenvalue weighted by molar-refractivity contribution is -0.149. The van der Waals surface area contributed by atoms with E-state index in [0.717, 1.165) is 16.3 Å². The highest BCUT2D eigenvalue weighted by molar-refractivity contribution is 8.26. The fourth-order valence-corrected chi connectivity index (χ4v) is 3.83. The lowest BCUT2D eigenvalue weighted by Crippen LogP contribution is -2.35. The molecule has 0 radical (unpaired) electrons. The second-order valence-electron chi connectivity index (χ2n) is 5.87. The number of thioether (sulfide) groups is 1. The molecule has 2 aromatic rings. The Balaban J connectivity index is 1.86. The van der Waals surface area contributed by atoms with E-state index in [2.05, 4.69) is 0 Å². The number of hydrogen-bond donors (Lipinski definition) is 0. The summed E-state index contributed by atoms with van der Waals surface area (Å²) >= 11 is 6.47. The lowest BCUT2D eigenvalue weighted by Gasteiger charge is -2.14. The summed E-state index contributed by atoms with van der Waals surface area (Å²) in [7, 11) is 0. The van der Waals surface area contributed by atoms with Gasteiger partial charge in [0.05, 0.1) is 11.0 Å². The monoisotopic (exact) mass is 371 g/mol. The van der Waals surface area contributed by atoms with Crippen LogP contribution in [0.2, 0.25) is 0 Å². The van der Waals surface area contributed by atoms with E-state index in [1.807, 2.05) is 48.5 Å². The third-order valence-corrected chi connectivity index (χ3v) is 5.02. The summed E-state index contributed by atoms with van der Waals surface area (Å²) < 4.78 is 5.47. The van der Waals surface area contributed by atoms with Crippen LogP contribution in [-0.4, -0.2) is 33.7 Å². The first-order chi connectivity index (χ1) is 12.0. The van der Waals surface area contributed by atoms with Crippen molar-refractivity contribution < 1.29 is 14.3 Å². The van der Waals surface area contributed by atoms with Crippen molar-refractivity contribution in [2.24, 2.45) is 0 Å². The van der Waals surface area contributed by atoms with Crippen LogP contribution < -0.4 is 0 Å². The van der Waals surface area contributed by atoms with Crippen molar-refractivity contribution in [1.82, 2.24) is 4.90 Å². The number of nitrogens with zero attached hydrogens (tertiary/aromatic N) is 1. The molecule has 0 unspecified atom stereocenters. The van der Waals surface area contributed by atoms with Gasteiger partial charge in [0.1, 0.15) is 10.9 Å². The Morgan fingerprint density at radius 2 is 1.96 bits per heavy atom. The number of hydrogen-bond acceptors (Lipinski definition) is 5. The van der Waals surface area contributed by atoms with Crippen molar-refractivity contribution >= 4 is 57.0 Å². The number of ether oxygens (including phenoxy) is 1. The highest BCUT2D eigenvalue weighted by atomic mass is 32.2. The summed E-state index contributed by atoms with van der Waals surface area (Å²) in [4.78, 5) is 26.3. The fourth-order valence-electron chi connectivity index (χ4n) is 2.58. The standard InChI is InChI=1S/C19H17NO3S2/c1-12(2)23-17(21)11-20-18(22)16(25-19(20)24)10-14-8-5-7-13-6-3-4-9-15(13)14/h3-10,12H,11H2,1-2H3/b16-10-. The van der Waals surface area contributed by atoms with Crippen LogP contribution in [0.3, 0.4) is 0 Å². The normalized spacial score (nSPS) is 16.3. The first-order valence-electron chi connectivity index (χ1n) is 7.88. The summed E-state index contributed by atoms with van der Waals surface area (Å²) in [6.45, 7) is 3.38. The molecule has 25 heavy (non-hydrogen) atoms. The van der Waals surface area contributed by atoms with Gasteiger partial charge in [0.15, 0.2) is 0 Å². The molecule has 0 atom stereocenters. The van der Waals surface area contributed by atoms with Gasteiger partial charge >= 0.3 is 5.97 Å². The Kier molecular flexibility index (Phi) is 5.20. The molecule has 1 aliphatic heterocycles. The van der Waals surface area contributed by atoms with Gasteiger partial charge in [-0.15, -0.1) is 0 Å². The molecule has 0 aliphatic carbocycles. The third-order valence-electron chi connectivity index (χ3n) is 3.64. The predicted molar refractivity (Wildman–Crippen MR) is 105 cm³/mol. The lowest BCUT2D eigenvalue weighted by atomic mass is 10.0. The molecule has 2 aromatic carbocycles. The van der Waals surface area contributed by atoms with Gasteiger partial charge in [-0.05, 0) is 36.3 Å². The topological polar surface area (TPSA) is 46.6 Å². The molecule has 1 saturated heterocycles. The molecule has 0 saturated carbocycles. The van der Waals surface area contributed by atoms with Crippen molar-refractivity contribution in [1.29, 1.82) is 0 Å². The zero-order valence-corrected chi connectivity index (χ0v) is 15.5. The maximum Gasteiger partial charge on any atom is 0.326 e. The van der Waals surface area contributed by atoms with Crippen molar-refractivity contribution in [2.45, 2.75) is 20.0 Å². The van der Waals surface area contributed by atoms with E-state index in [-0.39, 0.29) is 18.6 Å². The van der Waals surface area contributed by atoms with Crippen LogP contribution in [0.5, 0.6) is 0 Å². The highest BCUT2D eigenvalue weighted by Crippen LogP contribution is 2.33. The van der Waals surface area contributed by atoms with Crippen molar-refractivity contribution in [2.75, 3.05) is 6.54 Å². The number of benzene rings is 2. The van der Waals surface area contributed by atoms with Gasteiger partial charge in [0.25, 0.3) is 5.91 Å². The maximum absolute atomic E-state index is 12.6. The summed E-state index contributed by atoms with van der Waals surface area (Å²) in [6.07, 6.45) is 1.60. The number of thiocarbonyl (C=S) groups is 1. The minimum atomic E-state index is -0.460. The van der Waals surface area contributed by atoms with E-state index in [1.165, 1.54) is 16.7 Å². The molecule has 0 bridgehead atoms. The molecule has 0 aromatic heterocycles. The summed E-state index contributed by atoms with van der Waals surface area (Å²) in [5.41, 5.74) is 0.948. The summed E-state index contributed by atoms with van der Waals surface area (Å²) in [5.74, 6) is -0.721. The Bertz CT molecular complexity index is 884. The van der Waals surface area contributed by atoms with Crippen molar-refractivity contribution in [3.05, 3.63) is 52.9 Å². The molecule has 3 rings (SSSR count). The molecule has 1 heterocycles. The molecule has 1 aliphatic rings. The second-order valence-corrected chi connectivity index (χ2v) is 7.55. The van der Waals surface area contributed by atoms with Gasteiger partial charge in [-0.1, -0.05) is 66.4 Å². The Morgan fingerprint density at radius 3 is 2.72 bits per heavy atom. The van der Waals surface area contributed by atoms with Gasteiger partial charge in [-0.2, -0.15) is 0 Å². The minimum Gasteiger partial charge on any atom is -0.462 e. The molecule has 1 amide bonds. The number of carbonyl (C=O) groups excluding carboxylic acids is 2. The van der Waals surface area contributed by atoms with Gasteiger partial charge < -0.3 is 4.74 Å². The highest BCUT2D eigenvalue weighted by Gasteiger charge is 2.34. The Morgan fingerprint density at radius 1 is 1.24 bits per heavy atom. The van der Waals surface area contributed by atoms with E-state index >= 15 is 0 Å². The molecule has 128 valence electrons. The number of carbonyl (C=O) groups is 2. The van der Waals surface area contributed by atoms with E-state index in [1.54, 1.807) is 13.8 Å².